The molecule has 2 aromatic carbocycles. The summed E-state index contributed by atoms with van der Waals surface area (Å²) in [6.45, 7) is 7.63. The third kappa shape index (κ3) is 4.63. The normalized spacial score (nSPS) is 16.8. The van der Waals surface area contributed by atoms with Gasteiger partial charge in [-0.15, -0.1) is 5.10 Å². The lowest BCUT2D eigenvalue weighted by Gasteiger charge is -2.38. The quantitative estimate of drug-likeness (QED) is 0.619. The lowest BCUT2D eigenvalue weighted by Crippen LogP contribution is -2.48. The van der Waals surface area contributed by atoms with E-state index in [-0.39, 0.29) is 11.9 Å². The van der Waals surface area contributed by atoms with Crippen LogP contribution in [0.2, 0.25) is 5.02 Å². The molecule has 29 heavy (non-hydrogen) atoms. The molecular formula is C21H24ClFN6. The van der Waals surface area contributed by atoms with E-state index in [1.165, 1.54) is 12.1 Å². The molecule has 4 rings (SSSR count). The Morgan fingerprint density at radius 1 is 1.00 bits per heavy atom. The topological polar surface area (TPSA) is 50.1 Å². The van der Waals surface area contributed by atoms with E-state index in [0.29, 0.717) is 11.6 Å². The summed E-state index contributed by atoms with van der Waals surface area (Å²) in [5, 5.41) is 13.3. The standard InChI is InChI=1S/C21H24ClFN6/c1-2-27-11-13-28(14-12-27)20(17-5-7-18(22)8-6-17)21-24-25-26-29(21)15-16-3-9-19(23)10-4-16/h3-10,20H,2,11-15H2,1H3/t20-/m0/s1. The average molecular weight is 415 g/mol. The molecule has 1 aliphatic heterocycles. The molecule has 0 unspecified atom stereocenters. The fourth-order valence-electron chi connectivity index (χ4n) is 3.79. The van der Waals surface area contributed by atoms with Gasteiger partial charge in [-0.1, -0.05) is 42.8 Å². The summed E-state index contributed by atoms with van der Waals surface area (Å²) in [6, 6.07) is 14.3. The lowest BCUT2D eigenvalue weighted by molar-refractivity contribution is 0.108. The molecule has 8 heteroatoms. The molecular weight excluding hydrogens is 391 g/mol. The number of nitrogens with zero attached hydrogens (tertiary/aromatic N) is 6. The summed E-state index contributed by atoms with van der Waals surface area (Å²) in [5.74, 6) is 0.528. The summed E-state index contributed by atoms with van der Waals surface area (Å²) < 4.78 is 15.1. The third-order valence-electron chi connectivity index (χ3n) is 5.45. The first-order chi connectivity index (χ1) is 14.1. The van der Waals surface area contributed by atoms with Gasteiger partial charge in [0.25, 0.3) is 0 Å². The Morgan fingerprint density at radius 2 is 1.69 bits per heavy atom. The molecule has 6 nitrogen and oxygen atoms in total. The molecule has 2 heterocycles. The zero-order valence-electron chi connectivity index (χ0n) is 16.4. The maximum absolute atomic E-state index is 13.3. The molecule has 0 spiro atoms. The number of benzene rings is 2. The molecule has 1 fully saturated rings. The SMILES string of the molecule is CCN1CCN([C@@H](c2ccc(Cl)cc2)c2nnnn2Cc2ccc(F)cc2)CC1. The summed E-state index contributed by atoms with van der Waals surface area (Å²) in [5.41, 5.74) is 2.06. The van der Waals surface area contributed by atoms with Crippen LogP contribution < -0.4 is 0 Å². The van der Waals surface area contributed by atoms with Gasteiger partial charge in [-0.3, -0.25) is 4.90 Å². The van der Waals surface area contributed by atoms with Gasteiger partial charge in [-0.25, -0.2) is 9.07 Å². The second-order valence-electron chi connectivity index (χ2n) is 7.25. The molecule has 3 aromatic rings. The van der Waals surface area contributed by atoms with Crippen LogP contribution in [0.3, 0.4) is 0 Å². The van der Waals surface area contributed by atoms with Gasteiger partial charge in [0.2, 0.25) is 0 Å². The van der Waals surface area contributed by atoms with Crippen LogP contribution in [0.4, 0.5) is 4.39 Å². The molecule has 0 aliphatic carbocycles. The minimum absolute atomic E-state index is 0.0679. The zero-order valence-corrected chi connectivity index (χ0v) is 17.1. The van der Waals surface area contributed by atoms with Crippen molar-refractivity contribution >= 4 is 11.6 Å². The highest BCUT2D eigenvalue weighted by atomic mass is 35.5. The first-order valence-corrected chi connectivity index (χ1v) is 10.2. The van der Waals surface area contributed by atoms with Crippen molar-refractivity contribution in [3.05, 3.63) is 76.3 Å². The van der Waals surface area contributed by atoms with E-state index >= 15 is 0 Å². The average Bonchev–Trinajstić information content (AvgIpc) is 3.19. The number of hydrogen-bond donors (Lipinski definition) is 0. The van der Waals surface area contributed by atoms with Crippen LogP contribution in [0.15, 0.2) is 48.5 Å². The van der Waals surface area contributed by atoms with Crippen molar-refractivity contribution in [2.45, 2.75) is 19.5 Å². The Kier molecular flexibility index (Phi) is 6.18. The van der Waals surface area contributed by atoms with E-state index in [9.17, 15) is 4.39 Å². The van der Waals surface area contributed by atoms with Crippen molar-refractivity contribution in [1.29, 1.82) is 0 Å². The molecule has 0 amide bonds. The van der Waals surface area contributed by atoms with Gasteiger partial charge >= 0.3 is 0 Å². The number of hydrogen-bond acceptors (Lipinski definition) is 5. The van der Waals surface area contributed by atoms with E-state index in [2.05, 4.69) is 32.2 Å². The van der Waals surface area contributed by atoms with Crippen molar-refractivity contribution in [1.82, 2.24) is 30.0 Å². The predicted octanol–water partition coefficient (Wildman–Crippen LogP) is 3.24. The van der Waals surface area contributed by atoms with Gasteiger partial charge in [0.15, 0.2) is 5.82 Å². The van der Waals surface area contributed by atoms with Crippen molar-refractivity contribution in [2.24, 2.45) is 0 Å². The Bertz CT molecular complexity index is 919. The van der Waals surface area contributed by atoms with Crippen LogP contribution in [0.1, 0.15) is 29.9 Å². The van der Waals surface area contributed by atoms with Crippen LogP contribution in [0, 0.1) is 5.82 Å². The Hall–Kier alpha value is -2.35. The second-order valence-corrected chi connectivity index (χ2v) is 7.68. The summed E-state index contributed by atoms with van der Waals surface area (Å²) in [6.07, 6.45) is 0. The largest absolute Gasteiger partial charge is 0.301 e. The van der Waals surface area contributed by atoms with Crippen molar-refractivity contribution in [3.63, 3.8) is 0 Å². The zero-order chi connectivity index (χ0) is 20.2. The number of tetrazole rings is 1. The summed E-state index contributed by atoms with van der Waals surface area (Å²) in [7, 11) is 0. The van der Waals surface area contributed by atoms with Gasteiger partial charge in [0.05, 0.1) is 12.6 Å². The Morgan fingerprint density at radius 3 is 2.34 bits per heavy atom. The lowest BCUT2D eigenvalue weighted by atomic mass is 10.0. The molecule has 0 N–H and O–H groups in total. The summed E-state index contributed by atoms with van der Waals surface area (Å²) in [4.78, 5) is 4.86. The molecule has 1 aliphatic rings. The van der Waals surface area contributed by atoms with Gasteiger partial charge in [-0.2, -0.15) is 0 Å². The molecule has 1 saturated heterocycles. The fourth-order valence-corrected chi connectivity index (χ4v) is 3.91. The van der Waals surface area contributed by atoms with Crippen molar-refractivity contribution < 1.29 is 4.39 Å². The number of piperazine rings is 1. The maximum Gasteiger partial charge on any atom is 0.173 e. The monoisotopic (exact) mass is 414 g/mol. The van der Waals surface area contributed by atoms with Crippen LogP contribution >= 0.6 is 11.6 Å². The third-order valence-corrected chi connectivity index (χ3v) is 5.71. The van der Waals surface area contributed by atoms with E-state index in [1.54, 1.807) is 16.8 Å². The molecule has 0 radical (unpaired) electrons. The number of halogens is 2. The molecule has 0 saturated carbocycles. The van der Waals surface area contributed by atoms with E-state index < -0.39 is 0 Å². The molecule has 1 aromatic heterocycles. The summed E-state index contributed by atoms with van der Waals surface area (Å²) >= 11 is 6.12. The first-order valence-electron chi connectivity index (χ1n) is 9.86. The van der Waals surface area contributed by atoms with E-state index in [0.717, 1.165) is 49.7 Å². The van der Waals surface area contributed by atoms with Gasteiger partial charge in [0.1, 0.15) is 5.82 Å². The smallest absolute Gasteiger partial charge is 0.173 e. The Balaban J connectivity index is 1.65. The number of aromatic nitrogens is 4. The predicted molar refractivity (Wildman–Crippen MR) is 110 cm³/mol. The number of rotatable bonds is 6. The number of likely N-dealkylation sites (N-methyl/N-ethyl adjacent to an activating group) is 1. The van der Waals surface area contributed by atoms with Gasteiger partial charge in [-0.05, 0) is 52.4 Å². The fraction of sp³-hybridized carbons (Fsp3) is 0.381. The highest BCUT2D eigenvalue weighted by Gasteiger charge is 2.30. The van der Waals surface area contributed by atoms with E-state index in [4.69, 9.17) is 11.6 Å². The second kappa shape index (κ2) is 8.98. The van der Waals surface area contributed by atoms with Crippen molar-refractivity contribution in [2.75, 3.05) is 32.7 Å². The molecule has 0 bridgehead atoms. The maximum atomic E-state index is 13.3. The minimum atomic E-state index is -0.251. The van der Waals surface area contributed by atoms with Crippen LogP contribution in [-0.4, -0.2) is 62.7 Å². The molecule has 152 valence electrons. The molecule has 1 atom stereocenters. The van der Waals surface area contributed by atoms with Gasteiger partial charge in [0, 0.05) is 31.2 Å². The highest BCUT2D eigenvalue weighted by Crippen LogP contribution is 2.29. The first kappa shape index (κ1) is 19.9. The minimum Gasteiger partial charge on any atom is -0.301 e. The van der Waals surface area contributed by atoms with Crippen LogP contribution in [-0.2, 0) is 6.54 Å². The van der Waals surface area contributed by atoms with Crippen molar-refractivity contribution in [3.8, 4) is 0 Å². The van der Waals surface area contributed by atoms with Crippen LogP contribution in [0.25, 0.3) is 0 Å². The van der Waals surface area contributed by atoms with Crippen LogP contribution in [0.5, 0.6) is 0 Å². The van der Waals surface area contributed by atoms with E-state index in [1.807, 2.05) is 24.3 Å². The van der Waals surface area contributed by atoms with Gasteiger partial charge < -0.3 is 4.90 Å². The Labute approximate surface area is 174 Å². The highest BCUT2D eigenvalue weighted by molar-refractivity contribution is 6.30.